The van der Waals surface area contributed by atoms with Crippen molar-refractivity contribution in [1.82, 2.24) is 4.98 Å². The van der Waals surface area contributed by atoms with Gasteiger partial charge in [-0.25, -0.2) is 0 Å². The Labute approximate surface area is 124 Å². The van der Waals surface area contributed by atoms with Gasteiger partial charge in [0.2, 0.25) is 0 Å². The summed E-state index contributed by atoms with van der Waals surface area (Å²) in [7, 11) is 1.66. The number of fused-ring (bicyclic) bond motifs is 1. The number of aliphatic hydroxyl groups excluding tert-OH is 1. The van der Waals surface area contributed by atoms with Crippen LogP contribution < -0.4 is 4.74 Å². The van der Waals surface area contributed by atoms with E-state index in [-0.39, 0.29) is 0 Å². The molecule has 1 aromatic heterocycles. The van der Waals surface area contributed by atoms with Crippen molar-refractivity contribution in [2.24, 2.45) is 0 Å². The first kappa shape index (κ1) is 13.7. The van der Waals surface area contributed by atoms with Crippen molar-refractivity contribution in [3.05, 3.63) is 64.8 Å². The summed E-state index contributed by atoms with van der Waals surface area (Å²) in [6.45, 7) is 4.06. The van der Waals surface area contributed by atoms with E-state index in [1.807, 2.05) is 56.3 Å². The zero-order valence-corrected chi connectivity index (χ0v) is 12.5. The molecule has 0 saturated carbocycles. The zero-order valence-electron chi connectivity index (χ0n) is 12.5. The van der Waals surface area contributed by atoms with Crippen molar-refractivity contribution < 1.29 is 9.84 Å². The maximum atomic E-state index is 10.6. The number of benzene rings is 2. The molecule has 0 radical (unpaired) electrons. The number of methoxy groups -OCH3 is 1. The van der Waals surface area contributed by atoms with Crippen LogP contribution in [0.2, 0.25) is 0 Å². The molecular weight excluding hydrogens is 262 g/mol. The first-order valence-corrected chi connectivity index (χ1v) is 7.01. The number of aromatic nitrogens is 1. The second kappa shape index (κ2) is 5.26. The van der Waals surface area contributed by atoms with Crippen molar-refractivity contribution in [3.8, 4) is 5.75 Å². The molecule has 3 rings (SSSR count). The summed E-state index contributed by atoms with van der Waals surface area (Å²) >= 11 is 0. The molecule has 0 aliphatic rings. The predicted octanol–water partition coefficient (Wildman–Crippen LogP) is 3.88. The lowest BCUT2D eigenvalue weighted by molar-refractivity contribution is 0.215. The Kier molecular flexibility index (Phi) is 3.43. The average Bonchev–Trinajstić information content (AvgIpc) is 2.84. The van der Waals surface area contributed by atoms with Crippen molar-refractivity contribution in [2.75, 3.05) is 7.11 Å². The Morgan fingerprint density at radius 3 is 2.43 bits per heavy atom. The Hall–Kier alpha value is -2.26. The molecule has 1 atom stereocenters. The number of aromatic amines is 1. The smallest absolute Gasteiger partial charge is 0.119 e. The summed E-state index contributed by atoms with van der Waals surface area (Å²) in [6, 6.07) is 13.8. The molecule has 0 bridgehead atoms. The van der Waals surface area contributed by atoms with Crippen LogP contribution in [0.25, 0.3) is 10.9 Å². The molecule has 0 spiro atoms. The van der Waals surface area contributed by atoms with Crippen LogP contribution in [0.1, 0.15) is 28.5 Å². The third-order valence-electron chi connectivity index (χ3n) is 3.97. The molecule has 1 heterocycles. The molecule has 0 saturated heterocycles. The summed E-state index contributed by atoms with van der Waals surface area (Å²) in [5.74, 6) is 0.820. The second-order valence-corrected chi connectivity index (χ2v) is 5.39. The van der Waals surface area contributed by atoms with Crippen LogP contribution in [0.5, 0.6) is 5.75 Å². The monoisotopic (exact) mass is 281 g/mol. The van der Waals surface area contributed by atoms with Crippen LogP contribution in [0.4, 0.5) is 0 Å². The number of ether oxygens (including phenoxy) is 1. The van der Waals surface area contributed by atoms with E-state index in [0.29, 0.717) is 0 Å². The van der Waals surface area contributed by atoms with Crippen LogP contribution in [-0.2, 0) is 0 Å². The molecule has 0 aliphatic carbocycles. The molecule has 0 amide bonds. The third-order valence-corrected chi connectivity index (χ3v) is 3.97. The number of aryl methyl sites for hydroxylation is 2. The molecule has 108 valence electrons. The lowest BCUT2D eigenvalue weighted by Crippen LogP contribution is -2.01. The summed E-state index contributed by atoms with van der Waals surface area (Å²) < 4.78 is 5.27. The van der Waals surface area contributed by atoms with Crippen LogP contribution in [0.3, 0.4) is 0 Å². The second-order valence-electron chi connectivity index (χ2n) is 5.39. The van der Waals surface area contributed by atoms with Crippen molar-refractivity contribution in [2.45, 2.75) is 20.0 Å². The van der Waals surface area contributed by atoms with Crippen LogP contribution in [-0.4, -0.2) is 17.2 Å². The van der Waals surface area contributed by atoms with Gasteiger partial charge in [-0.2, -0.15) is 0 Å². The van der Waals surface area contributed by atoms with E-state index in [9.17, 15) is 5.11 Å². The number of nitrogens with one attached hydrogen (secondary N) is 1. The number of hydrogen-bond acceptors (Lipinski definition) is 2. The summed E-state index contributed by atoms with van der Waals surface area (Å²) in [5, 5.41) is 11.7. The van der Waals surface area contributed by atoms with Gasteiger partial charge < -0.3 is 14.8 Å². The van der Waals surface area contributed by atoms with E-state index >= 15 is 0 Å². The van der Waals surface area contributed by atoms with Crippen molar-refractivity contribution >= 4 is 10.9 Å². The van der Waals surface area contributed by atoms with E-state index < -0.39 is 6.10 Å². The zero-order chi connectivity index (χ0) is 15.0. The molecule has 0 fully saturated rings. The fraction of sp³-hybridized carbons (Fsp3) is 0.222. The highest BCUT2D eigenvalue weighted by atomic mass is 16.5. The standard InChI is InChI=1S/C18H19NO2/c1-11-4-6-13(7-5-11)18(20)17-12(2)15-10-14(21-3)8-9-16(15)19-17/h4-10,18-20H,1-3H3/t18-/m1/s1. The minimum atomic E-state index is -0.649. The van der Waals surface area contributed by atoms with Gasteiger partial charge in [0.25, 0.3) is 0 Å². The lowest BCUT2D eigenvalue weighted by atomic mass is 10.0. The SMILES string of the molecule is COc1ccc2[nH]c([C@H](O)c3ccc(C)cc3)c(C)c2c1. The van der Waals surface area contributed by atoms with Gasteiger partial charge in [-0.15, -0.1) is 0 Å². The summed E-state index contributed by atoms with van der Waals surface area (Å²) in [5.41, 5.74) is 4.97. The molecule has 21 heavy (non-hydrogen) atoms. The van der Waals surface area contributed by atoms with Crippen LogP contribution >= 0.6 is 0 Å². The lowest BCUT2D eigenvalue weighted by Gasteiger charge is -2.11. The minimum Gasteiger partial charge on any atom is -0.497 e. The maximum Gasteiger partial charge on any atom is 0.119 e. The highest BCUT2D eigenvalue weighted by molar-refractivity contribution is 5.86. The first-order valence-electron chi connectivity index (χ1n) is 7.01. The average molecular weight is 281 g/mol. The third kappa shape index (κ3) is 2.41. The Morgan fingerprint density at radius 2 is 1.76 bits per heavy atom. The van der Waals surface area contributed by atoms with Gasteiger partial charge in [0, 0.05) is 10.9 Å². The van der Waals surface area contributed by atoms with Gasteiger partial charge in [-0.05, 0) is 43.2 Å². The van der Waals surface area contributed by atoms with E-state index in [1.165, 1.54) is 5.56 Å². The Bertz CT molecular complexity index is 772. The highest BCUT2D eigenvalue weighted by Gasteiger charge is 2.17. The van der Waals surface area contributed by atoms with E-state index in [0.717, 1.165) is 33.5 Å². The highest BCUT2D eigenvalue weighted by Crippen LogP contribution is 2.31. The number of rotatable bonds is 3. The topological polar surface area (TPSA) is 45.2 Å². The first-order chi connectivity index (χ1) is 10.1. The number of hydrogen-bond donors (Lipinski definition) is 2. The fourth-order valence-corrected chi connectivity index (χ4v) is 2.64. The van der Waals surface area contributed by atoms with Crippen molar-refractivity contribution in [1.29, 1.82) is 0 Å². The predicted molar refractivity (Wildman–Crippen MR) is 84.8 cm³/mol. The van der Waals surface area contributed by atoms with Gasteiger partial charge in [0.15, 0.2) is 0 Å². The fourth-order valence-electron chi connectivity index (χ4n) is 2.64. The van der Waals surface area contributed by atoms with Gasteiger partial charge in [0.1, 0.15) is 11.9 Å². The van der Waals surface area contributed by atoms with E-state index in [2.05, 4.69) is 4.98 Å². The number of aliphatic hydroxyl groups is 1. The van der Waals surface area contributed by atoms with Crippen molar-refractivity contribution in [3.63, 3.8) is 0 Å². The van der Waals surface area contributed by atoms with Gasteiger partial charge >= 0.3 is 0 Å². The molecular formula is C18H19NO2. The van der Waals surface area contributed by atoms with Crippen LogP contribution in [0.15, 0.2) is 42.5 Å². The molecule has 0 aliphatic heterocycles. The van der Waals surface area contributed by atoms with Gasteiger partial charge in [-0.3, -0.25) is 0 Å². The molecule has 3 heteroatoms. The maximum absolute atomic E-state index is 10.6. The molecule has 0 unspecified atom stereocenters. The van der Waals surface area contributed by atoms with Gasteiger partial charge in [0.05, 0.1) is 12.8 Å². The molecule has 3 nitrogen and oxygen atoms in total. The quantitative estimate of drug-likeness (QED) is 0.765. The molecule has 2 aromatic carbocycles. The Balaban J connectivity index is 2.07. The molecule has 3 aromatic rings. The normalized spacial score (nSPS) is 12.6. The Morgan fingerprint density at radius 1 is 1.05 bits per heavy atom. The van der Waals surface area contributed by atoms with E-state index in [4.69, 9.17) is 4.74 Å². The largest absolute Gasteiger partial charge is 0.497 e. The van der Waals surface area contributed by atoms with Crippen LogP contribution in [0, 0.1) is 13.8 Å². The molecule has 2 N–H and O–H groups in total. The number of H-pyrrole nitrogens is 1. The summed E-state index contributed by atoms with van der Waals surface area (Å²) in [4.78, 5) is 3.32. The van der Waals surface area contributed by atoms with E-state index in [1.54, 1.807) is 7.11 Å². The summed E-state index contributed by atoms with van der Waals surface area (Å²) in [6.07, 6.45) is -0.649. The van der Waals surface area contributed by atoms with Gasteiger partial charge in [-0.1, -0.05) is 29.8 Å². The minimum absolute atomic E-state index is 0.649.